The van der Waals surface area contributed by atoms with E-state index in [0.717, 1.165) is 55.8 Å². The van der Waals surface area contributed by atoms with E-state index in [0.29, 0.717) is 34.5 Å². The molecule has 4 heterocycles. The summed E-state index contributed by atoms with van der Waals surface area (Å²) in [5, 5.41) is 2.00. The predicted octanol–water partition coefficient (Wildman–Crippen LogP) is 11.3. The minimum atomic E-state index is -0.0758. The van der Waals surface area contributed by atoms with Gasteiger partial charge in [0.15, 0.2) is 18.7 Å². The van der Waals surface area contributed by atoms with Gasteiger partial charge in [-0.2, -0.15) is 6.07 Å². The molecule has 0 atom stereocenters. The van der Waals surface area contributed by atoms with Crippen LogP contribution in [-0.2, 0) is 26.5 Å². The number of fused-ring (bicyclic) bond motifs is 4. The molecule has 59 heavy (non-hydrogen) atoms. The number of nitrogens with zero attached hydrogens (tertiary/aromatic N) is 7. The number of pyridine rings is 1. The van der Waals surface area contributed by atoms with Gasteiger partial charge in [-0.1, -0.05) is 139 Å². The Morgan fingerprint density at radius 2 is 1.29 bits per heavy atom. The molecule has 0 radical (unpaired) electrons. The second kappa shape index (κ2) is 15.1. The number of benzene rings is 6. The van der Waals surface area contributed by atoms with Crippen molar-refractivity contribution in [2.75, 3.05) is 7.05 Å². The van der Waals surface area contributed by atoms with Gasteiger partial charge in [0.1, 0.15) is 17.3 Å². The molecule has 0 saturated carbocycles. The average Bonchev–Trinajstić information content (AvgIpc) is 3.77. The van der Waals surface area contributed by atoms with Crippen LogP contribution in [0.1, 0.15) is 26.3 Å². The van der Waals surface area contributed by atoms with Crippen molar-refractivity contribution in [3.05, 3.63) is 169 Å². The molecule has 0 saturated heterocycles. The van der Waals surface area contributed by atoms with Crippen LogP contribution in [0, 0.1) is 12.1 Å². The fourth-order valence-corrected chi connectivity index (χ4v) is 7.45. The molecule has 8 nitrogen and oxygen atoms in total. The third kappa shape index (κ3) is 6.97. The molecule has 0 amide bonds. The first-order valence-corrected chi connectivity index (χ1v) is 19.2. The molecular weight excluding hydrogens is 910 g/mol. The Morgan fingerprint density at radius 1 is 0.644 bits per heavy atom. The molecule has 3 aromatic heterocycles. The Balaban J connectivity index is 0.00000449. The summed E-state index contributed by atoms with van der Waals surface area (Å²) in [5.74, 6) is 3.30. The third-order valence-corrected chi connectivity index (χ3v) is 10.4. The fraction of sp³-hybridized carbons (Fsp3) is 0.100. The first kappa shape index (κ1) is 37.7. The average molecular weight is 947 g/mol. The van der Waals surface area contributed by atoms with Crippen molar-refractivity contribution in [1.29, 1.82) is 0 Å². The van der Waals surface area contributed by atoms with E-state index in [2.05, 4.69) is 98.1 Å². The van der Waals surface area contributed by atoms with Crippen molar-refractivity contribution < 1.29 is 30.4 Å². The van der Waals surface area contributed by atoms with E-state index in [1.54, 1.807) is 0 Å². The number of hydrogen-bond acceptors (Lipinski definition) is 5. The van der Waals surface area contributed by atoms with Gasteiger partial charge in [-0.3, -0.25) is 0 Å². The second-order valence-corrected chi connectivity index (χ2v) is 15.3. The number of ether oxygens (including phenoxy) is 1. The quantitative estimate of drug-likeness (QED) is 0.118. The van der Waals surface area contributed by atoms with E-state index in [-0.39, 0.29) is 26.5 Å². The number of aromatic nitrogens is 5. The van der Waals surface area contributed by atoms with E-state index < -0.39 is 0 Å². The zero-order chi connectivity index (χ0) is 39.4. The minimum Gasteiger partial charge on any atom is -0.508 e. The normalized spacial score (nSPS) is 12.2. The summed E-state index contributed by atoms with van der Waals surface area (Å²) < 4.78 is 13.1. The molecule has 0 spiro atoms. The Hall–Kier alpha value is -6.85. The van der Waals surface area contributed by atoms with Crippen LogP contribution in [0.5, 0.6) is 11.5 Å². The molecule has 1 aliphatic heterocycles. The van der Waals surface area contributed by atoms with Crippen LogP contribution in [0.4, 0.5) is 17.1 Å². The molecule has 9 heteroatoms. The standard InChI is InChI=1S/C50H37N7O.Pt/c1-50(2,3)35-26-27-51-46(28-35)57-41-23-12-11-22-38(41)39-30-40(49-53-47(33-16-7-5-8-17-33)52-48(54-49)34-18-9-6-10-19-34)45(31-44(39)57)58-37-21-15-20-36(29-37)56-32-55(4)42-24-13-14-25-43(42)56;/h5-28,30H,1-4H3;/q;+2. The Morgan fingerprint density at radius 3 is 2.00 bits per heavy atom. The maximum Gasteiger partial charge on any atom is 2.00 e. The van der Waals surface area contributed by atoms with Gasteiger partial charge in [0, 0.05) is 46.5 Å². The first-order chi connectivity index (χ1) is 28.3. The third-order valence-electron chi connectivity index (χ3n) is 10.4. The molecule has 286 valence electrons. The summed E-state index contributed by atoms with van der Waals surface area (Å²) in [4.78, 5) is 20.1. The summed E-state index contributed by atoms with van der Waals surface area (Å²) in [6.07, 6.45) is 1.88. The topological polar surface area (TPSA) is 71.7 Å². The maximum atomic E-state index is 6.93. The zero-order valence-corrected chi connectivity index (χ0v) is 35.1. The van der Waals surface area contributed by atoms with Gasteiger partial charge in [0.25, 0.3) is 11.4 Å². The van der Waals surface area contributed by atoms with Gasteiger partial charge in [-0.25, -0.2) is 19.9 Å². The van der Waals surface area contributed by atoms with Gasteiger partial charge in [-0.15, -0.1) is 23.6 Å². The number of hydrogen-bond donors (Lipinski definition) is 0. The van der Waals surface area contributed by atoms with Crippen LogP contribution < -0.4 is 9.31 Å². The summed E-state index contributed by atoms with van der Waals surface area (Å²) >= 11 is 0. The van der Waals surface area contributed by atoms with E-state index >= 15 is 0 Å². The minimum absolute atomic E-state index is 0. The molecule has 0 unspecified atom stereocenters. The molecule has 0 fully saturated rings. The molecule has 0 bridgehead atoms. The van der Waals surface area contributed by atoms with Gasteiger partial charge >= 0.3 is 27.1 Å². The number of para-hydroxylation sites is 3. The summed E-state index contributed by atoms with van der Waals surface area (Å²) in [6.45, 7) is 6.64. The van der Waals surface area contributed by atoms with Crippen LogP contribution in [0.2, 0.25) is 0 Å². The molecule has 1 aliphatic rings. The predicted molar refractivity (Wildman–Crippen MR) is 230 cm³/mol. The Bertz CT molecular complexity index is 3070. The van der Waals surface area contributed by atoms with Gasteiger partial charge < -0.3 is 9.30 Å². The molecule has 10 rings (SSSR count). The van der Waals surface area contributed by atoms with Crippen molar-refractivity contribution in [2.45, 2.75) is 26.2 Å². The van der Waals surface area contributed by atoms with Crippen molar-refractivity contribution >= 4 is 44.9 Å². The van der Waals surface area contributed by atoms with Crippen molar-refractivity contribution in [1.82, 2.24) is 29.1 Å². The second-order valence-electron chi connectivity index (χ2n) is 15.3. The van der Waals surface area contributed by atoms with Crippen molar-refractivity contribution in [3.8, 4) is 51.5 Å². The summed E-state index contributed by atoms with van der Waals surface area (Å²) in [7, 11) is 1.99. The van der Waals surface area contributed by atoms with Crippen LogP contribution in [0.25, 0.3) is 61.8 Å². The fourth-order valence-electron chi connectivity index (χ4n) is 7.45. The van der Waals surface area contributed by atoms with Gasteiger partial charge in [0.05, 0.1) is 0 Å². The maximum absolute atomic E-state index is 6.93. The molecule has 9 aromatic rings. The molecular formula is C50H37N7OPt+2. The van der Waals surface area contributed by atoms with E-state index in [1.807, 2.05) is 113 Å². The molecule has 6 aromatic carbocycles. The Kier molecular flexibility index (Phi) is 9.68. The van der Waals surface area contributed by atoms with E-state index in [4.69, 9.17) is 24.7 Å². The smallest absolute Gasteiger partial charge is 0.508 e. The Labute approximate surface area is 356 Å². The van der Waals surface area contributed by atoms with Crippen molar-refractivity contribution in [3.63, 3.8) is 0 Å². The van der Waals surface area contributed by atoms with Gasteiger partial charge in [0.2, 0.25) is 0 Å². The van der Waals surface area contributed by atoms with E-state index in [1.165, 1.54) is 5.56 Å². The number of rotatable bonds is 7. The van der Waals surface area contributed by atoms with E-state index in [9.17, 15) is 0 Å². The van der Waals surface area contributed by atoms with Crippen LogP contribution in [0.3, 0.4) is 0 Å². The summed E-state index contributed by atoms with van der Waals surface area (Å²) in [6, 6.07) is 59.4. The van der Waals surface area contributed by atoms with Crippen LogP contribution in [-0.4, -0.2) is 42.1 Å². The first-order valence-electron chi connectivity index (χ1n) is 19.2. The molecule has 0 aliphatic carbocycles. The van der Waals surface area contributed by atoms with Crippen LogP contribution in [0.15, 0.2) is 152 Å². The zero-order valence-electron chi connectivity index (χ0n) is 32.8. The SMILES string of the molecule is C[N+]1=C=[N+](c2[c-]c(Oc3[c-]c4c(cc3-c3nc(-c5ccccc5)nc(-c5ccccc5)n3)c3ccccc3n4-c3cc(C(C)(C)C)ccn3)ccc2)c2ccccc21.[Pt+2]. The monoisotopic (exact) mass is 946 g/mol. The van der Waals surface area contributed by atoms with Gasteiger partial charge in [-0.05, 0) is 40.1 Å². The summed E-state index contributed by atoms with van der Waals surface area (Å²) in [5.41, 5.74) is 8.17. The van der Waals surface area contributed by atoms with Crippen LogP contribution >= 0.6 is 0 Å². The molecule has 0 N–H and O–H groups in total. The largest absolute Gasteiger partial charge is 2.00 e. The van der Waals surface area contributed by atoms with Crippen molar-refractivity contribution in [2.24, 2.45) is 0 Å².